The zero-order chi connectivity index (χ0) is 40.6. The Morgan fingerprint density at radius 3 is 1.52 bits per heavy atom. The zero-order valence-corrected chi connectivity index (χ0v) is 35.9. The van der Waals surface area contributed by atoms with Crippen LogP contribution in [0.15, 0.2) is 159 Å². The summed E-state index contributed by atoms with van der Waals surface area (Å²) in [6.45, 7) is 0. The molecule has 8 heterocycles. The van der Waals surface area contributed by atoms with Crippen molar-refractivity contribution < 1.29 is 9.47 Å². The van der Waals surface area contributed by atoms with Crippen molar-refractivity contribution >= 4 is 100 Å². The van der Waals surface area contributed by atoms with Crippen LogP contribution in [0.5, 0.6) is 11.5 Å². The van der Waals surface area contributed by atoms with Gasteiger partial charge in [-0.1, -0.05) is 19.6 Å². The molecule has 0 aliphatic heterocycles. The third kappa shape index (κ3) is 9.16. The van der Waals surface area contributed by atoms with Gasteiger partial charge in [0.2, 0.25) is 0 Å². The van der Waals surface area contributed by atoms with Gasteiger partial charge in [-0.25, -0.2) is 29.9 Å². The second-order valence-electron chi connectivity index (χ2n) is 12.5. The first kappa shape index (κ1) is 41.6. The van der Waals surface area contributed by atoms with Crippen LogP contribution >= 0.6 is 45.2 Å². The highest BCUT2D eigenvalue weighted by Gasteiger charge is 2.11. The van der Waals surface area contributed by atoms with Gasteiger partial charge in [-0.05, 0) is 142 Å². The molecule has 0 unspecified atom stereocenters. The molecule has 13 nitrogen and oxygen atoms in total. The van der Waals surface area contributed by atoms with E-state index in [1.54, 1.807) is 64.2 Å². The van der Waals surface area contributed by atoms with Gasteiger partial charge in [0.15, 0.2) is 16.9 Å². The summed E-state index contributed by atoms with van der Waals surface area (Å²) in [6.07, 6.45) is 13.9. The summed E-state index contributed by atoms with van der Waals surface area (Å²) in [6, 6.07) is 35.7. The molecule has 0 aliphatic carbocycles. The smallest absolute Gasteiger partial charge is 0.177 e. The highest BCUT2D eigenvalue weighted by Crippen LogP contribution is 2.32. The number of hydrogen-bond acceptors (Lipinski definition) is 10. The van der Waals surface area contributed by atoms with Crippen molar-refractivity contribution in [3.05, 3.63) is 166 Å². The van der Waals surface area contributed by atoms with Crippen molar-refractivity contribution in [2.45, 2.75) is 7.43 Å². The summed E-state index contributed by atoms with van der Waals surface area (Å²) >= 11 is 4.60. The number of methoxy groups -OCH3 is 2. The van der Waals surface area contributed by atoms with Crippen molar-refractivity contribution in [2.75, 3.05) is 14.2 Å². The van der Waals surface area contributed by atoms with E-state index in [1.807, 2.05) is 88.0 Å². The molecule has 298 valence electrons. The van der Waals surface area contributed by atoms with Crippen LogP contribution in [0.25, 0.3) is 66.7 Å². The molecule has 3 aromatic carbocycles. The largest absolute Gasteiger partial charge is 0.496 e. The molecule has 11 rings (SSSR count). The van der Waals surface area contributed by atoms with Crippen LogP contribution < -0.4 is 9.47 Å². The van der Waals surface area contributed by atoms with Gasteiger partial charge in [0, 0.05) is 48.9 Å². The fraction of sp³-hybridized carbons (Fsp3) is 0.0667. The van der Waals surface area contributed by atoms with Crippen LogP contribution in [0.4, 0.5) is 0 Å². The van der Waals surface area contributed by atoms with E-state index in [0.717, 1.165) is 78.2 Å². The molecule has 8 aromatic heterocycles. The van der Waals surface area contributed by atoms with Crippen molar-refractivity contribution in [3.63, 3.8) is 0 Å². The first-order valence-electron chi connectivity index (χ1n) is 18.1. The van der Waals surface area contributed by atoms with E-state index in [4.69, 9.17) is 9.47 Å². The van der Waals surface area contributed by atoms with E-state index in [-0.39, 0.29) is 7.43 Å². The second-order valence-corrected chi connectivity index (χ2v) is 15.0. The zero-order valence-electron chi connectivity index (χ0n) is 31.6. The Labute approximate surface area is 372 Å². The van der Waals surface area contributed by atoms with Crippen molar-refractivity contribution in [2.24, 2.45) is 0 Å². The average molecular weight is 1020 g/mol. The van der Waals surface area contributed by atoms with Crippen LogP contribution in [0.2, 0.25) is 0 Å². The van der Waals surface area contributed by atoms with Crippen LogP contribution in [0.3, 0.4) is 0 Å². The van der Waals surface area contributed by atoms with E-state index in [1.165, 1.54) is 7.14 Å². The quantitative estimate of drug-likeness (QED) is 0.133. The Morgan fingerprint density at radius 2 is 1.02 bits per heavy atom. The Hall–Kier alpha value is -6.60. The monoisotopic (exact) mass is 1020 g/mol. The number of benzene rings is 3. The number of nitrogens with one attached hydrogen (secondary N) is 1. The van der Waals surface area contributed by atoms with Gasteiger partial charge in [0.1, 0.15) is 46.2 Å². The maximum atomic E-state index is 5.33. The predicted molar refractivity (Wildman–Crippen MR) is 254 cm³/mol. The van der Waals surface area contributed by atoms with Crippen LogP contribution in [0, 0.1) is 7.14 Å². The molecular formula is C45H37I2N11O2. The SMILES string of the molecule is C.COc1ccnc2c1ccc1c(OC)ccnc12.Ic1cccc(I)c1.c1cc(-n2cnc3cccnc32)cc(-n2cnc3cccnc32)c1.c1cnc2nc[nH]c2c1. The van der Waals surface area contributed by atoms with Gasteiger partial charge in [-0.2, -0.15) is 0 Å². The number of fused-ring (bicyclic) bond motifs is 6. The van der Waals surface area contributed by atoms with Crippen molar-refractivity contribution in [1.29, 1.82) is 0 Å². The van der Waals surface area contributed by atoms with Gasteiger partial charge in [-0.15, -0.1) is 0 Å². The number of halogens is 2. The van der Waals surface area contributed by atoms with Crippen LogP contribution in [-0.4, -0.2) is 68.2 Å². The van der Waals surface area contributed by atoms with Gasteiger partial charge < -0.3 is 14.5 Å². The maximum absolute atomic E-state index is 5.33. The minimum Gasteiger partial charge on any atom is -0.496 e. The molecule has 0 saturated carbocycles. The standard InChI is InChI=1S/C18H12N6.C14H12N2O2.C6H4I2.C6H5N3.CH4/c1-4-13(23-11-21-15-6-2-8-19-17(15)23)10-14(5-1)24-12-22-16-7-3-9-20-18(16)24;1-17-11-5-7-15-13-9(11)3-4-10-12(18-2)6-8-16-14(10)13;7-5-2-1-3-6(8)4-5;1-2-5-6(7-3-1)9-4-8-5;/h1-12H;3-8H,1-2H3;1-4H;1-4H,(H,7,8,9);1H4. The summed E-state index contributed by atoms with van der Waals surface area (Å²) in [5.74, 6) is 1.60. The molecule has 11 aromatic rings. The molecule has 0 radical (unpaired) electrons. The van der Waals surface area contributed by atoms with Crippen LogP contribution in [-0.2, 0) is 0 Å². The maximum Gasteiger partial charge on any atom is 0.177 e. The molecule has 0 amide bonds. The number of hydrogen-bond donors (Lipinski definition) is 1. The number of aromatic nitrogens is 11. The number of ether oxygens (including phenoxy) is 2. The number of nitrogens with zero attached hydrogens (tertiary/aromatic N) is 10. The number of H-pyrrole nitrogens is 1. The number of rotatable bonds is 4. The van der Waals surface area contributed by atoms with E-state index in [0.29, 0.717) is 0 Å². The third-order valence-corrected chi connectivity index (χ3v) is 10.3. The lowest BCUT2D eigenvalue weighted by atomic mass is 10.1. The topological polar surface area (TPSA) is 147 Å². The van der Waals surface area contributed by atoms with Gasteiger partial charge >= 0.3 is 0 Å². The summed E-state index contributed by atoms with van der Waals surface area (Å²) in [4.78, 5) is 37.4. The molecule has 0 fully saturated rings. The fourth-order valence-corrected chi connectivity index (χ4v) is 7.92. The molecular weight excluding hydrogens is 980 g/mol. The van der Waals surface area contributed by atoms with Gasteiger partial charge in [-0.3, -0.25) is 19.1 Å². The highest BCUT2D eigenvalue weighted by atomic mass is 127. The van der Waals surface area contributed by atoms with E-state index in [9.17, 15) is 0 Å². The average Bonchev–Trinajstić information content (AvgIpc) is 4.06. The lowest BCUT2D eigenvalue weighted by Crippen LogP contribution is -1.98. The molecule has 0 spiro atoms. The highest BCUT2D eigenvalue weighted by molar-refractivity contribution is 14.1. The first-order chi connectivity index (χ1) is 29.0. The first-order valence-corrected chi connectivity index (χ1v) is 20.2. The van der Waals surface area contributed by atoms with E-state index >= 15 is 0 Å². The predicted octanol–water partition coefficient (Wildman–Crippen LogP) is 10.4. The Kier molecular flexibility index (Phi) is 13.5. The molecule has 60 heavy (non-hydrogen) atoms. The number of pyridine rings is 5. The normalized spacial score (nSPS) is 10.5. The third-order valence-electron chi connectivity index (χ3n) is 8.96. The molecule has 0 bridgehead atoms. The molecule has 15 heteroatoms. The molecule has 0 atom stereocenters. The summed E-state index contributed by atoms with van der Waals surface area (Å²) in [5.41, 5.74) is 8.81. The molecule has 0 saturated heterocycles. The summed E-state index contributed by atoms with van der Waals surface area (Å²) < 4.78 is 17.2. The number of aromatic amines is 1. The fourth-order valence-electron chi connectivity index (χ4n) is 6.24. The Morgan fingerprint density at radius 1 is 0.500 bits per heavy atom. The second kappa shape index (κ2) is 19.4. The van der Waals surface area contributed by atoms with Crippen LogP contribution in [0.1, 0.15) is 7.43 Å². The lowest BCUT2D eigenvalue weighted by molar-refractivity contribution is 0.419. The van der Waals surface area contributed by atoms with Crippen molar-refractivity contribution in [3.8, 4) is 22.9 Å². The van der Waals surface area contributed by atoms with Crippen molar-refractivity contribution in [1.82, 2.24) is 54.0 Å². The lowest BCUT2D eigenvalue weighted by Gasteiger charge is -2.08. The Balaban J connectivity index is 0.000000132. The van der Waals surface area contributed by atoms with E-state index < -0.39 is 0 Å². The minimum atomic E-state index is 0. The molecule has 1 N–H and O–H groups in total. The summed E-state index contributed by atoms with van der Waals surface area (Å²) in [5, 5.41) is 1.90. The van der Waals surface area contributed by atoms with E-state index in [2.05, 4.69) is 120 Å². The minimum absolute atomic E-state index is 0. The van der Waals surface area contributed by atoms with Gasteiger partial charge in [0.05, 0.1) is 37.4 Å². The van der Waals surface area contributed by atoms with Gasteiger partial charge in [0.25, 0.3) is 0 Å². The molecule has 0 aliphatic rings. The Bertz CT molecular complexity index is 2970. The number of imidazole rings is 3. The summed E-state index contributed by atoms with van der Waals surface area (Å²) in [7, 11) is 3.30.